The van der Waals surface area contributed by atoms with Gasteiger partial charge in [0.05, 0.1) is 0 Å². The van der Waals surface area contributed by atoms with Gasteiger partial charge in [-0.05, 0) is 19.3 Å². The molecule has 0 radical (unpaired) electrons. The van der Waals surface area contributed by atoms with Gasteiger partial charge in [-0.15, -0.1) is 0 Å². The summed E-state index contributed by atoms with van der Waals surface area (Å²) in [6.45, 7) is 2.12. The minimum atomic E-state index is 0.543. The van der Waals surface area contributed by atoms with Gasteiger partial charge in [0.25, 0.3) is 0 Å². The van der Waals surface area contributed by atoms with Crippen LogP contribution in [0.2, 0.25) is 5.15 Å². The predicted molar refractivity (Wildman–Crippen MR) is 71.5 cm³/mol. The van der Waals surface area contributed by atoms with Crippen molar-refractivity contribution < 1.29 is 0 Å². The third kappa shape index (κ3) is 3.84. The van der Waals surface area contributed by atoms with Gasteiger partial charge in [-0.25, -0.2) is 9.97 Å². The minimum Gasteiger partial charge on any atom is -0.367 e. The van der Waals surface area contributed by atoms with Crippen molar-refractivity contribution in [2.45, 2.75) is 57.9 Å². The molecule has 0 atom stereocenters. The summed E-state index contributed by atoms with van der Waals surface area (Å²) in [5.41, 5.74) is 0. The van der Waals surface area contributed by atoms with Crippen LogP contribution >= 0.6 is 11.6 Å². The molecular weight excluding hydrogens is 234 g/mol. The van der Waals surface area contributed by atoms with Gasteiger partial charge in [-0.2, -0.15) is 0 Å². The van der Waals surface area contributed by atoms with Gasteiger partial charge in [-0.1, -0.05) is 37.8 Å². The first kappa shape index (κ1) is 12.6. The van der Waals surface area contributed by atoms with Crippen molar-refractivity contribution in [1.82, 2.24) is 9.97 Å². The molecule has 0 aromatic carbocycles. The zero-order valence-electron chi connectivity index (χ0n) is 10.4. The van der Waals surface area contributed by atoms with Crippen LogP contribution in [0.1, 0.15) is 51.3 Å². The normalized spacial score (nSPS) is 17.1. The van der Waals surface area contributed by atoms with Crippen molar-refractivity contribution in [3.8, 4) is 0 Å². The molecule has 2 rings (SSSR count). The molecule has 94 valence electrons. The smallest absolute Gasteiger partial charge is 0.134 e. The molecule has 3 nitrogen and oxygen atoms in total. The van der Waals surface area contributed by atoms with Crippen LogP contribution < -0.4 is 5.32 Å². The topological polar surface area (TPSA) is 37.8 Å². The summed E-state index contributed by atoms with van der Waals surface area (Å²) in [5.74, 6) is 1.73. The zero-order valence-corrected chi connectivity index (χ0v) is 11.1. The Morgan fingerprint density at radius 3 is 2.76 bits per heavy atom. The molecule has 4 heteroatoms. The lowest BCUT2D eigenvalue weighted by atomic mass is 9.95. The highest BCUT2D eigenvalue weighted by Crippen LogP contribution is 2.22. The molecule has 17 heavy (non-hydrogen) atoms. The highest BCUT2D eigenvalue weighted by molar-refractivity contribution is 6.29. The molecule has 0 unspecified atom stereocenters. The summed E-state index contributed by atoms with van der Waals surface area (Å²) >= 11 is 6.01. The first-order chi connectivity index (χ1) is 8.28. The van der Waals surface area contributed by atoms with Crippen molar-refractivity contribution in [2.75, 3.05) is 5.32 Å². The SMILES string of the molecule is CCCc1nc(Cl)cc(NC2CCCCC2)n1. The number of anilines is 1. The molecule has 1 saturated carbocycles. The van der Waals surface area contributed by atoms with Crippen LogP contribution in [0.3, 0.4) is 0 Å². The number of hydrogen-bond acceptors (Lipinski definition) is 3. The number of aryl methyl sites for hydroxylation is 1. The fourth-order valence-electron chi connectivity index (χ4n) is 2.33. The third-order valence-corrected chi connectivity index (χ3v) is 3.37. The predicted octanol–water partition coefficient (Wildman–Crippen LogP) is 3.83. The molecule has 1 aromatic heterocycles. The standard InChI is InChI=1S/C13H20ClN3/c1-2-6-12-16-11(14)9-13(17-12)15-10-7-4-3-5-8-10/h9-10H,2-8H2,1H3,(H,15,16,17). The monoisotopic (exact) mass is 253 g/mol. The van der Waals surface area contributed by atoms with Crippen molar-refractivity contribution in [3.63, 3.8) is 0 Å². The number of rotatable bonds is 4. The summed E-state index contributed by atoms with van der Waals surface area (Å²) in [5, 5.41) is 4.03. The second-order valence-electron chi connectivity index (χ2n) is 4.72. The van der Waals surface area contributed by atoms with E-state index in [1.165, 1.54) is 32.1 Å². The third-order valence-electron chi connectivity index (χ3n) is 3.17. The summed E-state index contributed by atoms with van der Waals surface area (Å²) in [7, 11) is 0. The number of halogens is 1. The van der Waals surface area contributed by atoms with E-state index in [0.29, 0.717) is 11.2 Å². The lowest BCUT2D eigenvalue weighted by molar-refractivity contribution is 0.461. The van der Waals surface area contributed by atoms with Crippen LogP contribution in [-0.2, 0) is 6.42 Å². The fourth-order valence-corrected chi connectivity index (χ4v) is 2.53. The Hall–Kier alpha value is -0.830. The maximum absolute atomic E-state index is 6.01. The number of nitrogens with one attached hydrogen (secondary N) is 1. The number of hydrogen-bond donors (Lipinski definition) is 1. The van der Waals surface area contributed by atoms with Gasteiger partial charge < -0.3 is 5.32 Å². The van der Waals surface area contributed by atoms with E-state index in [-0.39, 0.29) is 0 Å². The van der Waals surface area contributed by atoms with E-state index < -0.39 is 0 Å². The first-order valence-electron chi connectivity index (χ1n) is 6.58. The largest absolute Gasteiger partial charge is 0.367 e. The highest BCUT2D eigenvalue weighted by Gasteiger charge is 2.14. The molecule has 0 saturated heterocycles. The van der Waals surface area contributed by atoms with Crippen molar-refractivity contribution >= 4 is 17.4 Å². The Morgan fingerprint density at radius 2 is 2.06 bits per heavy atom. The summed E-state index contributed by atoms with van der Waals surface area (Å²) in [6, 6.07) is 2.39. The van der Waals surface area contributed by atoms with Gasteiger partial charge in [-0.3, -0.25) is 0 Å². The van der Waals surface area contributed by atoms with Gasteiger partial charge in [0, 0.05) is 18.5 Å². The number of aromatic nitrogens is 2. The molecule has 1 aromatic rings. The molecule has 0 bridgehead atoms. The molecule has 1 heterocycles. The average Bonchev–Trinajstić information content (AvgIpc) is 2.30. The van der Waals surface area contributed by atoms with Gasteiger partial charge in [0.1, 0.15) is 16.8 Å². The Kier molecular flexibility index (Phi) is 4.60. The van der Waals surface area contributed by atoms with Crippen LogP contribution in [0.4, 0.5) is 5.82 Å². The molecule has 0 spiro atoms. The van der Waals surface area contributed by atoms with Crippen LogP contribution in [-0.4, -0.2) is 16.0 Å². The Bertz CT molecular complexity index is 362. The molecule has 0 aliphatic heterocycles. The summed E-state index contributed by atoms with van der Waals surface area (Å²) < 4.78 is 0. The zero-order chi connectivity index (χ0) is 12.1. The van der Waals surface area contributed by atoms with Crippen molar-refractivity contribution in [3.05, 3.63) is 17.0 Å². The van der Waals surface area contributed by atoms with Gasteiger partial charge in [0.2, 0.25) is 0 Å². The summed E-state index contributed by atoms with van der Waals surface area (Å²) in [6.07, 6.45) is 8.42. The van der Waals surface area contributed by atoms with Crippen LogP contribution in [0.5, 0.6) is 0 Å². The van der Waals surface area contributed by atoms with E-state index in [9.17, 15) is 0 Å². The minimum absolute atomic E-state index is 0.543. The maximum Gasteiger partial charge on any atom is 0.134 e. The van der Waals surface area contributed by atoms with Gasteiger partial charge >= 0.3 is 0 Å². The van der Waals surface area contributed by atoms with Gasteiger partial charge in [0.15, 0.2) is 0 Å². The Morgan fingerprint density at radius 1 is 1.29 bits per heavy atom. The van der Waals surface area contributed by atoms with E-state index in [1.807, 2.05) is 6.07 Å². The lowest BCUT2D eigenvalue weighted by Gasteiger charge is -2.23. The lowest BCUT2D eigenvalue weighted by Crippen LogP contribution is -2.23. The second kappa shape index (κ2) is 6.20. The molecule has 1 N–H and O–H groups in total. The Balaban J connectivity index is 2.03. The highest BCUT2D eigenvalue weighted by atomic mass is 35.5. The van der Waals surface area contributed by atoms with E-state index >= 15 is 0 Å². The van der Waals surface area contributed by atoms with E-state index in [4.69, 9.17) is 11.6 Å². The van der Waals surface area contributed by atoms with E-state index in [1.54, 1.807) is 0 Å². The second-order valence-corrected chi connectivity index (χ2v) is 5.11. The van der Waals surface area contributed by atoms with E-state index in [0.717, 1.165) is 24.5 Å². The maximum atomic E-state index is 6.01. The Labute approximate surface area is 108 Å². The van der Waals surface area contributed by atoms with Crippen molar-refractivity contribution in [1.29, 1.82) is 0 Å². The molecular formula is C13H20ClN3. The average molecular weight is 254 g/mol. The quantitative estimate of drug-likeness (QED) is 0.829. The summed E-state index contributed by atoms with van der Waals surface area (Å²) in [4.78, 5) is 8.74. The molecule has 1 aliphatic rings. The van der Waals surface area contributed by atoms with Crippen LogP contribution in [0, 0.1) is 0 Å². The molecule has 0 amide bonds. The van der Waals surface area contributed by atoms with Crippen LogP contribution in [0.25, 0.3) is 0 Å². The fraction of sp³-hybridized carbons (Fsp3) is 0.692. The molecule has 1 aliphatic carbocycles. The van der Waals surface area contributed by atoms with Crippen LogP contribution in [0.15, 0.2) is 6.07 Å². The first-order valence-corrected chi connectivity index (χ1v) is 6.95. The van der Waals surface area contributed by atoms with Crippen molar-refractivity contribution in [2.24, 2.45) is 0 Å². The molecule has 1 fully saturated rings. The number of nitrogens with zero attached hydrogens (tertiary/aromatic N) is 2. The van der Waals surface area contributed by atoms with E-state index in [2.05, 4.69) is 22.2 Å².